The fraction of sp³-hybridized carbons (Fsp3) is 0.400. The molecule has 1 aromatic carbocycles. The summed E-state index contributed by atoms with van der Waals surface area (Å²) in [5.74, 6) is 0.0526. The first-order valence-electron chi connectivity index (χ1n) is 6.76. The van der Waals surface area contributed by atoms with Crippen molar-refractivity contribution in [1.82, 2.24) is 10.2 Å². The van der Waals surface area contributed by atoms with Gasteiger partial charge in [-0.25, -0.2) is 0 Å². The summed E-state index contributed by atoms with van der Waals surface area (Å²) in [7, 11) is 1.82. The molecule has 0 spiro atoms. The summed E-state index contributed by atoms with van der Waals surface area (Å²) >= 11 is 1.71. The van der Waals surface area contributed by atoms with Crippen LogP contribution in [0.3, 0.4) is 0 Å². The van der Waals surface area contributed by atoms with Crippen molar-refractivity contribution in [2.24, 2.45) is 0 Å². The standard InChI is InChI=1S/C15H18N2O2S/c1-17(15(19)13-6-11(18)7-16-13)8-10-9-20-14-5-3-2-4-12(10)14/h2-5,9,11,13,16,18H,6-8H2,1H3/t11-,13+/m1/s1. The molecule has 1 aliphatic rings. The highest BCUT2D eigenvalue weighted by atomic mass is 32.1. The number of rotatable bonds is 3. The van der Waals surface area contributed by atoms with E-state index in [9.17, 15) is 9.90 Å². The Morgan fingerprint density at radius 2 is 2.30 bits per heavy atom. The second kappa shape index (κ2) is 5.52. The van der Waals surface area contributed by atoms with Crippen molar-refractivity contribution in [1.29, 1.82) is 0 Å². The number of hydrogen-bond acceptors (Lipinski definition) is 4. The summed E-state index contributed by atoms with van der Waals surface area (Å²) in [5.41, 5.74) is 1.18. The zero-order valence-corrected chi connectivity index (χ0v) is 12.2. The largest absolute Gasteiger partial charge is 0.392 e. The van der Waals surface area contributed by atoms with E-state index in [1.807, 2.05) is 19.2 Å². The first-order chi connectivity index (χ1) is 9.65. The zero-order chi connectivity index (χ0) is 14.1. The zero-order valence-electron chi connectivity index (χ0n) is 11.4. The van der Waals surface area contributed by atoms with Crippen LogP contribution in [0.15, 0.2) is 29.6 Å². The SMILES string of the molecule is CN(Cc1csc2ccccc12)C(=O)[C@@H]1C[C@@H](O)CN1. The number of amides is 1. The number of fused-ring (bicyclic) bond motifs is 1. The Balaban J connectivity index is 1.72. The first kappa shape index (κ1) is 13.5. The summed E-state index contributed by atoms with van der Waals surface area (Å²) < 4.78 is 1.25. The van der Waals surface area contributed by atoms with Gasteiger partial charge in [-0.15, -0.1) is 11.3 Å². The van der Waals surface area contributed by atoms with Crippen molar-refractivity contribution in [3.05, 3.63) is 35.2 Å². The Hall–Kier alpha value is -1.43. The minimum absolute atomic E-state index is 0.0526. The number of aliphatic hydroxyl groups is 1. The smallest absolute Gasteiger partial charge is 0.239 e. The maximum atomic E-state index is 12.3. The van der Waals surface area contributed by atoms with E-state index >= 15 is 0 Å². The number of likely N-dealkylation sites (N-methyl/N-ethyl adjacent to an activating group) is 1. The van der Waals surface area contributed by atoms with Gasteiger partial charge in [0, 0.05) is 24.8 Å². The predicted molar refractivity (Wildman–Crippen MR) is 80.7 cm³/mol. The molecule has 1 saturated heterocycles. The van der Waals surface area contributed by atoms with E-state index in [1.165, 1.54) is 15.6 Å². The van der Waals surface area contributed by atoms with E-state index in [2.05, 4.69) is 22.8 Å². The molecule has 2 atom stereocenters. The van der Waals surface area contributed by atoms with Gasteiger partial charge in [0.1, 0.15) is 0 Å². The van der Waals surface area contributed by atoms with Crippen LogP contribution in [0.4, 0.5) is 0 Å². The summed E-state index contributed by atoms with van der Waals surface area (Å²) in [6.07, 6.45) is 0.104. The number of nitrogens with zero attached hydrogens (tertiary/aromatic N) is 1. The topological polar surface area (TPSA) is 52.6 Å². The molecule has 1 fully saturated rings. The molecule has 0 aliphatic carbocycles. The number of thiophene rings is 1. The number of aliphatic hydroxyl groups excluding tert-OH is 1. The average molecular weight is 290 g/mol. The number of carbonyl (C=O) groups excluding carboxylic acids is 1. The number of hydrogen-bond donors (Lipinski definition) is 2. The highest BCUT2D eigenvalue weighted by molar-refractivity contribution is 7.17. The van der Waals surface area contributed by atoms with E-state index in [-0.39, 0.29) is 11.9 Å². The lowest BCUT2D eigenvalue weighted by Crippen LogP contribution is -2.41. The molecule has 2 heterocycles. The molecular formula is C15H18N2O2S. The summed E-state index contributed by atoms with van der Waals surface area (Å²) in [4.78, 5) is 14.0. The van der Waals surface area contributed by atoms with Crippen LogP contribution in [-0.4, -0.2) is 41.7 Å². The summed E-state index contributed by atoms with van der Waals surface area (Å²) in [6.45, 7) is 1.11. The molecule has 20 heavy (non-hydrogen) atoms. The van der Waals surface area contributed by atoms with Gasteiger partial charge in [0.25, 0.3) is 0 Å². The van der Waals surface area contributed by atoms with Crippen molar-refractivity contribution in [3.8, 4) is 0 Å². The lowest BCUT2D eigenvalue weighted by Gasteiger charge is -2.21. The van der Waals surface area contributed by atoms with Crippen LogP contribution in [0, 0.1) is 0 Å². The molecule has 5 heteroatoms. The molecule has 0 bridgehead atoms. The third kappa shape index (κ3) is 2.57. The molecule has 0 radical (unpaired) electrons. The van der Waals surface area contributed by atoms with Gasteiger partial charge in [0.05, 0.1) is 12.1 Å². The van der Waals surface area contributed by atoms with Crippen LogP contribution in [0.25, 0.3) is 10.1 Å². The number of nitrogens with one attached hydrogen (secondary N) is 1. The van der Waals surface area contributed by atoms with Crippen molar-refractivity contribution in [2.75, 3.05) is 13.6 Å². The summed E-state index contributed by atoms with van der Waals surface area (Å²) in [5, 5.41) is 15.9. The molecular weight excluding hydrogens is 272 g/mol. The number of carbonyl (C=O) groups is 1. The van der Waals surface area contributed by atoms with Gasteiger partial charge >= 0.3 is 0 Å². The average Bonchev–Trinajstić information content (AvgIpc) is 3.05. The molecule has 4 nitrogen and oxygen atoms in total. The molecule has 0 unspecified atom stereocenters. The molecule has 2 aromatic rings. The third-order valence-electron chi connectivity index (χ3n) is 3.75. The van der Waals surface area contributed by atoms with E-state index in [4.69, 9.17) is 0 Å². The van der Waals surface area contributed by atoms with Gasteiger partial charge in [-0.05, 0) is 28.8 Å². The lowest BCUT2D eigenvalue weighted by molar-refractivity contribution is -0.132. The van der Waals surface area contributed by atoms with Crippen molar-refractivity contribution in [2.45, 2.75) is 25.1 Å². The van der Waals surface area contributed by atoms with E-state index in [1.54, 1.807) is 16.2 Å². The lowest BCUT2D eigenvalue weighted by atomic mass is 10.1. The van der Waals surface area contributed by atoms with Gasteiger partial charge < -0.3 is 15.3 Å². The van der Waals surface area contributed by atoms with E-state index in [0.29, 0.717) is 19.5 Å². The molecule has 1 aromatic heterocycles. The first-order valence-corrected chi connectivity index (χ1v) is 7.64. The maximum absolute atomic E-state index is 12.3. The minimum atomic E-state index is -0.403. The Kier molecular flexibility index (Phi) is 3.74. The van der Waals surface area contributed by atoms with Crippen LogP contribution < -0.4 is 5.32 Å². The Morgan fingerprint density at radius 1 is 1.50 bits per heavy atom. The Bertz CT molecular complexity index is 625. The quantitative estimate of drug-likeness (QED) is 0.902. The molecule has 3 rings (SSSR count). The van der Waals surface area contributed by atoms with Gasteiger partial charge in [0.15, 0.2) is 0 Å². The normalized spacial score (nSPS) is 22.3. The van der Waals surface area contributed by atoms with Crippen LogP contribution in [0.2, 0.25) is 0 Å². The van der Waals surface area contributed by atoms with E-state index in [0.717, 1.165) is 0 Å². The fourth-order valence-corrected chi connectivity index (χ4v) is 3.61. The second-order valence-corrected chi connectivity index (χ2v) is 6.21. The van der Waals surface area contributed by atoms with Crippen molar-refractivity contribution < 1.29 is 9.90 Å². The van der Waals surface area contributed by atoms with Gasteiger partial charge in [-0.2, -0.15) is 0 Å². The highest BCUT2D eigenvalue weighted by Gasteiger charge is 2.30. The number of benzene rings is 1. The highest BCUT2D eigenvalue weighted by Crippen LogP contribution is 2.26. The molecule has 1 amide bonds. The molecule has 1 aliphatic heterocycles. The minimum Gasteiger partial charge on any atom is -0.392 e. The molecule has 0 saturated carbocycles. The van der Waals surface area contributed by atoms with Gasteiger partial charge in [-0.3, -0.25) is 4.79 Å². The third-order valence-corrected chi connectivity index (χ3v) is 4.76. The second-order valence-electron chi connectivity index (χ2n) is 5.30. The predicted octanol–water partition coefficient (Wildman–Crippen LogP) is 1.58. The van der Waals surface area contributed by atoms with Crippen molar-refractivity contribution >= 4 is 27.3 Å². The van der Waals surface area contributed by atoms with Crippen molar-refractivity contribution in [3.63, 3.8) is 0 Å². The Morgan fingerprint density at radius 3 is 3.05 bits per heavy atom. The summed E-state index contributed by atoms with van der Waals surface area (Å²) in [6, 6.07) is 7.99. The van der Waals surface area contributed by atoms with Crippen LogP contribution >= 0.6 is 11.3 Å². The monoisotopic (exact) mass is 290 g/mol. The van der Waals surface area contributed by atoms with Gasteiger partial charge in [0.2, 0.25) is 5.91 Å². The molecule has 2 N–H and O–H groups in total. The van der Waals surface area contributed by atoms with Crippen LogP contribution in [-0.2, 0) is 11.3 Å². The maximum Gasteiger partial charge on any atom is 0.239 e. The fourth-order valence-electron chi connectivity index (χ4n) is 2.66. The number of β-amino-alcohol motifs (C(OH)–C–C–N with tert-alkyl or cyclic N) is 1. The van der Waals surface area contributed by atoms with E-state index < -0.39 is 6.10 Å². The van der Waals surface area contributed by atoms with Crippen LogP contribution in [0.5, 0.6) is 0 Å². The van der Waals surface area contributed by atoms with Crippen LogP contribution in [0.1, 0.15) is 12.0 Å². The molecule has 106 valence electrons. The Labute approximate surface area is 122 Å². The van der Waals surface area contributed by atoms with Gasteiger partial charge in [-0.1, -0.05) is 18.2 Å².